The van der Waals surface area contributed by atoms with Crippen LogP contribution in [0.1, 0.15) is 29.8 Å². The molecule has 25 heavy (non-hydrogen) atoms. The van der Waals surface area contributed by atoms with E-state index in [2.05, 4.69) is 22.1 Å². The topological polar surface area (TPSA) is 42.0 Å². The van der Waals surface area contributed by atoms with Crippen molar-refractivity contribution in [2.24, 2.45) is 0 Å². The fourth-order valence-corrected chi connectivity index (χ4v) is 2.38. The van der Waals surface area contributed by atoms with Gasteiger partial charge in [0, 0.05) is 17.1 Å². The van der Waals surface area contributed by atoms with Crippen molar-refractivity contribution in [2.75, 3.05) is 0 Å². The summed E-state index contributed by atoms with van der Waals surface area (Å²) in [6, 6.07) is 15.9. The molecule has 0 aliphatic rings. The number of hydrogen-bond acceptors (Lipinski definition) is 2. The summed E-state index contributed by atoms with van der Waals surface area (Å²) >= 11 is 0. The first-order valence-corrected chi connectivity index (χ1v) is 7.90. The lowest BCUT2D eigenvalue weighted by Crippen LogP contribution is -2.42. The lowest BCUT2D eigenvalue weighted by Gasteiger charge is -2.20. The molecule has 0 saturated heterocycles. The van der Waals surface area contributed by atoms with Gasteiger partial charge in [0.15, 0.2) is 0 Å². The molecular weight excluding hydrogens is 315 g/mol. The molecule has 0 aliphatic carbocycles. The second kappa shape index (κ2) is 6.74. The van der Waals surface area contributed by atoms with Crippen LogP contribution in [0.2, 0.25) is 0 Å². The molecule has 0 spiro atoms. The van der Waals surface area contributed by atoms with Crippen molar-refractivity contribution >= 4 is 16.8 Å². The molecule has 1 aromatic heterocycles. The smallest absolute Gasteiger partial charge is 0.254 e. The van der Waals surface area contributed by atoms with Gasteiger partial charge in [-0.15, -0.1) is 0 Å². The maximum Gasteiger partial charge on any atom is 0.254 e. The molecule has 3 nitrogen and oxygen atoms in total. The number of rotatable bonds is 2. The van der Waals surface area contributed by atoms with E-state index in [0.717, 1.165) is 5.56 Å². The Hall–Kier alpha value is -3.19. The van der Waals surface area contributed by atoms with E-state index in [-0.39, 0.29) is 11.4 Å². The molecule has 0 unspecified atom stereocenters. The molecule has 0 fully saturated rings. The van der Waals surface area contributed by atoms with Gasteiger partial charge in [0.2, 0.25) is 0 Å². The van der Waals surface area contributed by atoms with E-state index in [4.69, 9.17) is 0 Å². The Balaban J connectivity index is 1.80. The highest BCUT2D eigenvalue weighted by atomic mass is 19.1. The summed E-state index contributed by atoms with van der Waals surface area (Å²) in [6.07, 6.45) is 1.38. The van der Waals surface area contributed by atoms with Crippen molar-refractivity contribution in [3.8, 4) is 11.8 Å². The van der Waals surface area contributed by atoms with E-state index in [1.165, 1.54) is 12.3 Å². The maximum absolute atomic E-state index is 13.7. The number of aromatic nitrogens is 1. The summed E-state index contributed by atoms with van der Waals surface area (Å²) in [4.78, 5) is 16.5. The Kier molecular flexibility index (Phi) is 4.49. The first-order chi connectivity index (χ1) is 11.9. The second-order valence-electron chi connectivity index (χ2n) is 6.23. The predicted octanol–water partition coefficient (Wildman–Crippen LogP) is 3.93. The van der Waals surface area contributed by atoms with E-state index in [1.54, 1.807) is 18.2 Å². The highest BCUT2D eigenvalue weighted by molar-refractivity contribution is 5.97. The van der Waals surface area contributed by atoms with Crippen molar-refractivity contribution in [3.63, 3.8) is 0 Å². The largest absolute Gasteiger partial charge is 0.336 e. The zero-order valence-corrected chi connectivity index (χ0v) is 14.0. The van der Waals surface area contributed by atoms with Crippen LogP contribution in [-0.4, -0.2) is 16.4 Å². The van der Waals surface area contributed by atoms with Gasteiger partial charge in [-0.25, -0.2) is 4.39 Å². The van der Waals surface area contributed by atoms with E-state index in [1.807, 2.05) is 44.2 Å². The fraction of sp³-hybridized carbons (Fsp3) is 0.143. The summed E-state index contributed by atoms with van der Waals surface area (Å²) in [5.74, 6) is 5.40. The molecule has 0 radical (unpaired) electrons. The molecule has 0 saturated carbocycles. The van der Waals surface area contributed by atoms with Gasteiger partial charge in [0.25, 0.3) is 5.91 Å². The Morgan fingerprint density at radius 3 is 2.64 bits per heavy atom. The van der Waals surface area contributed by atoms with Crippen LogP contribution in [0, 0.1) is 17.7 Å². The van der Waals surface area contributed by atoms with Crippen LogP contribution in [0.3, 0.4) is 0 Å². The Bertz CT molecular complexity index is 985. The number of nitrogens with zero attached hydrogens (tertiary/aromatic N) is 1. The van der Waals surface area contributed by atoms with Crippen molar-refractivity contribution < 1.29 is 9.18 Å². The average Bonchev–Trinajstić information content (AvgIpc) is 2.60. The molecule has 3 aromatic rings. The minimum absolute atomic E-state index is 0.252. The van der Waals surface area contributed by atoms with Gasteiger partial charge in [-0.1, -0.05) is 42.2 Å². The van der Waals surface area contributed by atoms with Crippen LogP contribution >= 0.6 is 0 Å². The standard InChI is InChI=1S/C21H17FN2O/c1-21(2,12-11-15-7-4-3-5-8-15)24-20(25)17-13-16-9-6-10-18(22)19(16)23-14-17/h3-10,13-14H,1-2H3,(H,24,25). The van der Waals surface area contributed by atoms with Crippen molar-refractivity contribution in [3.05, 3.63) is 77.7 Å². The van der Waals surface area contributed by atoms with Crippen LogP contribution < -0.4 is 5.32 Å². The zero-order valence-electron chi connectivity index (χ0n) is 14.0. The van der Waals surface area contributed by atoms with Gasteiger partial charge in [-0.05, 0) is 38.1 Å². The van der Waals surface area contributed by atoms with Crippen LogP contribution in [0.15, 0.2) is 60.8 Å². The molecule has 0 aliphatic heterocycles. The number of pyridine rings is 1. The third kappa shape index (κ3) is 4.02. The minimum atomic E-state index is -0.718. The second-order valence-corrected chi connectivity index (χ2v) is 6.23. The molecule has 3 rings (SSSR count). The van der Waals surface area contributed by atoms with Crippen molar-refractivity contribution in [2.45, 2.75) is 19.4 Å². The normalized spacial score (nSPS) is 10.8. The average molecular weight is 332 g/mol. The number of para-hydroxylation sites is 1. The lowest BCUT2D eigenvalue weighted by molar-refractivity contribution is 0.0929. The van der Waals surface area contributed by atoms with Gasteiger partial charge < -0.3 is 5.32 Å². The Morgan fingerprint density at radius 2 is 1.88 bits per heavy atom. The lowest BCUT2D eigenvalue weighted by atomic mass is 10.0. The van der Waals surface area contributed by atoms with Crippen molar-refractivity contribution in [1.29, 1.82) is 0 Å². The highest BCUT2D eigenvalue weighted by Gasteiger charge is 2.19. The van der Waals surface area contributed by atoms with Crippen molar-refractivity contribution in [1.82, 2.24) is 10.3 Å². The number of nitrogens with one attached hydrogen (secondary N) is 1. The molecule has 1 heterocycles. The summed E-state index contributed by atoms with van der Waals surface area (Å²) in [6.45, 7) is 3.66. The van der Waals surface area contributed by atoms with Crippen LogP contribution in [0.4, 0.5) is 4.39 Å². The third-order valence-electron chi connectivity index (χ3n) is 3.64. The molecule has 4 heteroatoms. The Labute approximate surface area is 145 Å². The zero-order chi connectivity index (χ0) is 17.9. The van der Waals surface area contributed by atoms with E-state index in [9.17, 15) is 9.18 Å². The maximum atomic E-state index is 13.7. The van der Waals surface area contributed by atoms with E-state index >= 15 is 0 Å². The van der Waals surface area contributed by atoms with Gasteiger partial charge in [0.05, 0.1) is 11.1 Å². The number of fused-ring (bicyclic) bond motifs is 1. The Morgan fingerprint density at radius 1 is 1.12 bits per heavy atom. The van der Waals surface area contributed by atoms with Crippen LogP contribution in [0.5, 0.6) is 0 Å². The number of carbonyl (C=O) groups excluding carboxylic acids is 1. The van der Waals surface area contributed by atoms with Gasteiger partial charge in [0.1, 0.15) is 11.3 Å². The van der Waals surface area contributed by atoms with Crippen LogP contribution in [0.25, 0.3) is 10.9 Å². The minimum Gasteiger partial charge on any atom is -0.336 e. The van der Waals surface area contributed by atoms with E-state index < -0.39 is 11.4 Å². The molecule has 0 atom stereocenters. The first-order valence-electron chi connectivity index (χ1n) is 7.90. The SMILES string of the molecule is CC(C)(C#Cc1ccccc1)NC(=O)c1cnc2c(F)cccc2c1. The number of carbonyl (C=O) groups is 1. The monoisotopic (exact) mass is 332 g/mol. The van der Waals surface area contributed by atoms with Gasteiger partial charge >= 0.3 is 0 Å². The number of amides is 1. The number of halogens is 1. The molecule has 124 valence electrons. The number of benzene rings is 2. The van der Waals surface area contributed by atoms with Crippen LogP contribution in [-0.2, 0) is 0 Å². The summed E-state index contributed by atoms with van der Waals surface area (Å²) < 4.78 is 13.7. The molecule has 2 aromatic carbocycles. The summed E-state index contributed by atoms with van der Waals surface area (Å²) in [7, 11) is 0. The highest BCUT2D eigenvalue weighted by Crippen LogP contribution is 2.17. The molecule has 1 amide bonds. The number of hydrogen-bond donors (Lipinski definition) is 1. The third-order valence-corrected chi connectivity index (χ3v) is 3.64. The quantitative estimate of drug-likeness (QED) is 0.723. The fourth-order valence-electron chi connectivity index (χ4n) is 2.38. The summed E-state index contributed by atoms with van der Waals surface area (Å²) in [5.41, 5.74) is 0.784. The molecular formula is C21H17FN2O. The summed E-state index contributed by atoms with van der Waals surface area (Å²) in [5, 5.41) is 3.46. The van der Waals surface area contributed by atoms with E-state index in [0.29, 0.717) is 10.9 Å². The van der Waals surface area contributed by atoms with Gasteiger partial charge in [-0.2, -0.15) is 0 Å². The molecule has 0 bridgehead atoms. The van der Waals surface area contributed by atoms with Gasteiger partial charge in [-0.3, -0.25) is 9.78 Å². The predicted molar refractivity (Wildman–Crippen MR) is 96.6 cm³/mol. The molecule has 1 N–H and O–H groups in total. The first kappa shape index (κ1) is 16.7.